The number of hydrogen-bond donors (Lipinski definition) is 0. The van der Waals surface area contributed by atoms with E-state index in [1.54, 1.807) is 6.92 Å². The molecule has 132 valence electrons. The molecule has 3 aromatic rings. The zero-order chi connectivity index (χ0) is 18.4. The Morgan fingerprint density at radius 2 is 1.15 bits per heavy atom. The van der Waals surface area contributed by atoms with Crippen LogP contribution in [0.1, 0.15) is 36.6 Å². The number of hydrogen-bond acceptors (Lipinski definition) is 2. The van der Waals surface area contributed by atoms with Gasteiger partial charge in [-0.2, -0.15) is 6.92 Å². The molecule has 0 N–H and O–H groups in total. The molecular weight excluding hydrogens is 318 g/mol. The van der Waals surface area contributed by atoms with Crippen LogP contribution in [0.3, 0.4) is 0 Å². The fourth-order valence-electron chi connectivity index (χ4n) is 3.51. The van der Waals surface area contributed by atoms with Crippen LogP contribution in [-0.2, 0) is 10.3 Å². The lowest BCUT2D eigenvalue weighted by atomic mass is 9.76. The van der Waals surface area contributed by atoms with Crippen LogP contribution in [-0.4, -0.2) is 5.90 Å². The van der Waals surface area contributed by atoms with E-state index in [4.69, 9.17) is 9.73 Å². The van der Waals surface area contributed by atoms with Gasteiger partial charge < -0.3 is 11.7 Å². The molecule has 0 spiro atoms. The van der Waals surface area contributed by atoms with Crippen LogP contribution >= 0.6 is 0 Å². The Balaban J connectivity index is 0.000000948. The minimum atomic E-state index is -0.562. The second kappa shape index (κ2) is 8.01. The average Bonchev–Trinajstić information content (AvgIpc) is 3.10. The molecule has 4 rings (SSSR count). The summed E-state index contributed by atoms with van der Waals surface area (Å²) in [5, 5.41) is 0. The van der Waals surface area contributed by atoms with Gasteiger partial charge >= 0.3 is 0 Å². The average molecular weight is 342 g/mol. The summed E-state index contributed by atoms with van der Waals surface area (Å²) in [5.74, 6) is 0.719. The van der Waals surface area contributed by atoms with Crippen molar-refractivity contribution in [3.63, 3.8) is 0 Å². The van der Waals surface area contributed by atoms with Gasteiger partial charge in [0.15, 0.2) is 17.5 Å². The third-order valence-corrected chi connectivity index (χ3v) is 4.53. The Morgan fingerprint density at radius 1 is 0.731 bits per heavy atom. The molecule has 1 atom stereocenters. The first-order valence-electron chi connectivity index (χ1n) is 8.90. The molecule has 0 fully saturated rings. The summed E-state index contributed by atoms with van der Waals surface area (Å²) < 4.78 is 6.22. The van der Waals surface area contributed by atoms with Gasteiger partial charge in [-0.3, -0.25) is 0 Å². The molecular formula is C24H24NO-. The van der Waals surface area contributed by atoms with Gasteiger partial charge in [-0.05, 0) is 16.7 Å². The first kappa shape index (κ1) is 17.9. The van der Waals surface area contributed by atoms with Crippen LogP contribution in [0.5, 0.6) is 0 Å². The predicted octanol–water partition coefficient (Wildman–Crippen LogP) is 5.96. The van der Waals surface area contributed by atoms with E-state index in [2.05, 4.69) is 67.6 Å². The molecule has 1 heterocycles. The van der Waals surface area contributed by atoms with Crippen LogP contribution in [0.15, 0.2) is 96.0 Å². The molecule has 0 aromatic heterocycles. The molecule has 26 heavy (non-hydrogen) atoms. The molecule has 0 saturated heterocycles. The van der Waals surface area contributed by atoms with Crippen LogP contribution in [0.2, 0.25) is 0 Å². The Morgan fingerprint density at radius 3 is 1.62 bits per heavy atom. The van der Waals surface area contributed by atoms with Crippen LogP contribution in [0, 0.1) is 6.92 Å². The van der Waals surface area contributed by atoms with Gasteiger partial charge in [-0.15, -0.1) is 0 Å². The number of benzene rings is 3. The number of aliphatic imine (C=N–C) groups is 1. The summed E-state index contributed by atoms with van der Waals surface area (Å²) in [5.41, 5.74) is 2.85. The first-order valence-corrected chi connectivity index (χ1v) is 8.90. The highest BCUT2D eigenvalue weighted by Gasteiger charge is 2.48. The third kappa shape index (κ3) is 3.15. The Kier molecular flexibility index (Phi) is 5.52. The quantitative estimate of drug-likeness (QED) is 0.538. The van der Waals surface area contributed by atoms with Crippen molar-refractivity contribution in [2.45, 2.75) is 25.5 Å². The standard InChI is InChI=1S/C22H19NO.C2H5/c1-17-23-22(19-13-7-3-8-14-19,20-15-9-4-10-16-20)21(24-17)18-11-5-2-6-12-18;1-2/h2-16,21H,1H3;1H2,2H3/q;-1/t21-;/m1./s1. The molecule has 0 unspecified atom stereocenters. The van der Waals surface area contributed by atoms with Gasteiger partial charge in [0.1, 0.15) is 0 Å². The maximum atomic E-state index is 6.22. The van der Waals surface area contributed by atoms with E-state index >= 15 is 0 Å². The highest BCUT2D eigenvalue weighted by Crippen LogP contribution is 2.50. The maximum absolute atomic E-state index is 6.22. The van der Waals surface area contributed by atoms with Crippen molar-refractivity contribution in [2.24, 2.45) is 4.99 Å². The molecule has 3 aromatic carbocycles. The maximum Gasteiger partial charge on any atom is 0.182 e. The highest BCUT2D eigenvalue weighted by molar-refractivity contribution is 5.77. The summed E-state index contributed by atoms with van der Waals surface area (Å²) in [6.07, 6.45) is -0.177. The monoisotopic (exact) mass is 342 g/mol. The van der Waals surface area contributed by atoms with Gasteiger partial charge in [0.25, 0.3) is 0 Å². The van der Waals surface area contributed by atoms with Crippen LogP contribution in [0.25, 0.3) is 0 Å². The minimum absolute atomic E-state index is 0.177. The number of rotatable bonds is 3. The van der Waals surface area contributed by atoms with Gasteiger partial charge in [0.05, 0.1) is 0 Å². The minimum Gasteiger partial charge on any atom is -0.470 e. The van der Waals surface area contributed by atoms with E-state index in [1.807, 2.05) is 37.3 Å². The lowest BCUT2D eigenvalue weighted by Crippen LogP contribution is -2.30. The Bertz CT molecular complexity index is 802. The van der Waals surface area contributed by atoms with E-state index in [9.17, 15) is 0 Å². The van der Waals surface area contributed by atoms with Gasteiger partial charge in [-0.1, -0.05) is 91.0 Å². The molecule has 0 aliphatic carbocycles. The fraction of sp³-hybridized carbons (Fsp3) is 0.167. The Hall–Kier alpha value is -2.87. The van der Waals surface area contributed by atoms with E-state index in [0.29, 0.717) is 0 Å². The zero-order valence-corrected chi connectivity index (χ0v) is 15.3. The molecule has 2 heteroatoms. The second-order valence-electron chi connectivity index (χ2n) is 6.04. The summed E-state index contributed by atoms with van der Waals surface area (Å²) in [7, 11) is 0. The summed E-state index contributed by atoms with van der Waals surface area (Å²) in [6, 6.07) is 31.2. The zero-order valence-electron chi connectivity index (χ0n) is 15.3. The van der Waals surface area contributed by atoms with Gasteiger partial charge in [0, 0.05) is 6.92 Å². The van der Waals surface area contributed by atoms with Crippen LogP contribution in [0.4, 0.5) is 0 Å². The number of nitrogens with zero attached hydrogens (tertiary/aromatic N) is 1. The predicted molar refractivity (Wildman–Crippen MR) is 108 cm³/mol. The fourth-order valence-corrected chi connectivity index (χ4v) is 3.51. The van der Waals surface area contributed by atoms with Crippen molar-refractivity contribution in [3.8, 4) is 0 Å². The van der Waals surface area contributed by atoms with Gasteiger partial charge in [-0.25, -0.2) is 4.99 Å². The normalized spacial score (nSPS) is 17.5. The largest absolute Gasteiger partial charge is 0.470 e. The molecule has 0 bridgehead atoms. The molecule has 0 radical (unpaired) electrons. The van der Waals surface area contributed by atoms with E-state index in [0.717, 1.165) is 22.6 Å². The van der Waals surface area contributed by atoms with E-state index in [1.165, 1.54) is 0 Å². The van der Waals surface area contributed by atoms with Gasteiger partial charge in [0.2, 0.25) is 0 Å². The van der Waals surface area contributed by atoms with E-state index < -0.39 is 5.54 Å². The molecule has 2 nitrogen and oxygen atoms in total. The number of ether oxygens (including phenoxy) is 1. The topological polar surface area (TPSA) is 21.6 Å². The lowest BCUT2D eigenvalue weighted by molar-refractivity contribution is 0.157. The SMILES string of the molecule is CC1=NC(c2ccccc2)(c2ccccc2)[C@@H](c2ccccc2)O1.[CH2-]C. The van der Waals surface area contributed by atoms with Crippen LogP contribution < -0.4 is 0 Å². The second-order valence-corrected chi connectivity index (χ2v) is 6.04. The molecule has 0 saturated carbocycles. The molecule has 0 amide bonds. The lowest BCUT2D eigenvalue weighted by Gasteiger charge is -2.33. The molecule has 1 aliphatic heterocycles. The van der Waals surface area contributed by atoms with E-state index in [-0.39, 0.29) is 6.10 Å². The first-order chi connectivity index (χ1) is 12.8. The summed E-state index contributed by atoms with van der Waals surface area (Å²) >= 11 is 0. The van der Waals surface area contributed by atoms with Crippen molar-refractivity contribution in [2.75, 3.05) is 0 Å². The van der Waals surface area contributed by atoms with Crippen molar-refractivity contribution in [1.82, 2.24) is 0 Å². The molecule has 1 aliphatic rings. The summed E-state index contributed by atoms with van der Waals surface area (Å²) in [4.78, 5) is 5.01. The smallest absolute Gasteiger partial charge is 0.182 e. The van der Waals surface area contributed by atoms with Crippen molar-refractivity contribution in [3.05, 3.63) is 115 Å². The van der Waals surface area contributed by atoms with Crippen molar-refractivity contribution < 1.29 is 4.74 Å². The Labute approximate surface area is 156 Å². The van der Waals surface area contributed by atoms with Crippen molar-refractivity contribution in [1.29, 1.82) is 0 Å². The summed E-state index contributed by atoms with van der Waals surface area (Å²) in [6.45, 7) is 6.93. The van der Waals surface area contributed by atoms with Crippen molar-refractivity contribution >= 4 is 5.90 Å². The third-order valence-electron chi connectivity index (χ3n) is 4.53. The highest BCUT2D eigenvalue weighted by atomic mass is 16.5.